The number of nitrogens with one attached hydrogen (secondary N) is 2. The summed E-state index contributed by atoms with van der Waals surface area (Å²) in [6.07, 6.45) is 1.23. The molecule has 20 heavy (non-hydrogen) atoms. The van der Waals surface area contributed by atoms with Crippen molar-refractivity contribution in [3.05, 3.63) is 24.3 Å². The quantitative estimate of drug-likeness (QED) is 0.552. The number of amides is 1. The standard InChI is InChI=1S/C14H20N2O4/c1-15-8-4-7-13(17)16-11-5-3-6-12(9-11)20-10-14(18)19-2/h3,5-6,9,15H,4,7-8,10H2,1-2H3,(H,16,17). The molecular formula is C14H20N2O4. The zero-order valence-electron chi connectivity index (χ0n) is 11.8. The van der Waals surface area contributed by atoms with E-state index in [1.165, 1.54) is 7.11 Å². The van der Waals surface area contributed by atoms with Gasteiger partial charge in [0.2, 0.25) is 5.91 Å². The lowest BCUT2D eigenvalue weighted by atomic mass is 10.2. The second-order valence-corrected chi connectivity index (χ2v) is 4.15. The molecule has 0 atom stereocenters. The predicted molar refractivity (Wildman–Crippen MR) is 75.7 cm³/mol. The fourth-order valence-electron chi connectivity index (χ4n) is 1.51. The Labute approximate surface area is 118 Å². The molecule has 6 heteroatoms. The third-order valence-electron chi connectivity index (χ3n) is 2.53. The smallest absolute Gasteiger partial charge is 0.343 e. The van der Waals surface area contributed by atoms with Crippen molar-refractivity contribution in [2.24, 2.45) is 0 Å². The monoisotopic (exact) mass is 280 g/mol. The van der Waals surface area contributed by atoms with Crippen LogP contribution in [-0.2, 0) is 14.3 Å². The average Bonchev–Trinajstić information content (AvgIpc) is 2.45. The van der Waals surface area contributed by atoms with Crippen molar-refractivity contribution in [3.63, 3.8) is 0 Å². The van der Waals surface area contributed by atoms with Gasteiger partial charge in [-0.2, -0.15) is 0 Å². The van der Waals surface area contributed by atoms with E-state index in [2.05, 4.69) is 15.4 Å². The van der Waals surface area contributed by atoms with Gasteiger partial charge in [0.05, 0.1) is 7.11 Å². The Morgan fingerprint density at radius 1 is 1.30 bits per heavy atom. The van der Waals surface area contributed by atoms with E-state index in [0.717, 1.165) is 13.0 Å². The molecule has 1 rings (SSSR count). The summed E-state index contributed by atoms with van der Waals surface area (Å²) in [6.45, 7) is 0.645. The predicted octanol–water partition coefficient (Wildman–Crippen LogP) is 1.18. The fourth-order valence-corrected chi connectivity index (χ4v) is 1.51. The lowest BCUT2D eigenvalue weighted by Gasteiger charge is -2.08. The van der Waals surface area contributed by atoms with E-state index >= 15 is 0 Å². The number of benzene rings is 1. The Kier molecular flexibility index (Phi) is 7.13. The lowest BCUT2D eigenvalue weighted by molar-refractivity contribution is -0.142. The molecule has 0 aromatic heterocycles. The zero-order chi connectivity index (χ0) is 14.8. The number of rotatable bonds is 8. The first-order valence-corrected chi connectivity index (χ1v) is 6.40. The SMILES string of the molecule is CNCCCC(=O)Nc1cccc(OCC(=O)OC)c1. The van der Waals surface area contributed by atoms with Gasteiger partial charge >= 0.3 is 5.97 Å². The van der Waals surface area contributed by atoms with Crippen LogP contribution < -0.4 is 15.4 Å². The minimum absolute atomic E-state index is 0.0506. The van der Waals surface area contributed by atoms with Crippen LogP contribution in [0.2, 0.25) is 0 Å². The molecule has 0 heterocycles. The van der Waals surface area contributed by atoms with Crippen LogP contribution in [-0.4, -0.2) is 39.2 Å². The highest BCUT2D eigenvalue weighted by Crippen LogP contribution is 2.17. The molecular weight excluding hydrogens is 260 g/mol. The van der Waals surface area contributed by atoms with Crippen LogP contribution >= 0.6 is 0 Å². The van der Waals surface area contributed by atoms with Crippen LogP contribution in [0.5, 0.6) is 5.75 Å². The number of esters is 1. The zero-order valence-corrected chi connectivity index (χ0v) is 11.8. The average molecular weight is 280 g/mol. The summed E-state index contributed by atoms with van der Waals surface area (Å²) in [5.74, 6) is 0.000275. The molecule has 0 unspecified atom stereocenters. The fraction of sp³-hybridized carbons (Fsp3) is 0.429. The first-order valence-electron chi connectivity index (χ1n) is 6.40. The molecule has 6 nitrogen and oxygen atoms in total. The molecule has 0 bridgehead atoms. The Balaban J connectivity index is 2.46. The number of hydrogen-bond donors (Lipinski definition) is 2. The van der Waals surface area contributed by atoms with Gasteiger partial charge in [-0.25, -0.2) is 4.79 Å². The first kappa shape index (κ1) is 16.0. The molecule has 0 aliphatic heterocycles. The summed E-state index contributed by atoms with van der Waals surface area (Å²) in [4.78, 5) is 22.6. The van der Waals surface area contributed by atoms with Crippen LogP contribution in [0.25, 0.3) is 0 Å². The van der Waals surface area contributed by atoms with Gasteiger partial charge in [0.25, 0.3) is 0 Å². The van der Waals surface area contributed by atoms with Crippen LogP contribution in [0.15, 0.2) is 24.3 Å². The third-order valence-corrected chi connectivity index (χ3v) is 2.53. The molecule has 0 saturated carbocycles. The minimum atomic E-state index is -0.452. The second kappa shape index (κ2) is 8.92. The maximum absolute atomic E-state index is 11.7. The maximum atomic E-state index is 11.7. The van der Waals surface area contributed by atoms with Crippen LogP contribution in [0, 0.1) is 0 Å². The van der Waals surface area contributed by atoms with E-state index in [0.29, 0.717) is 17.9 Å². The highest BCUT2D eigenvalue weighted by Gasteiger charge is 2.05. The molecule has 110 valence electrons. The van der Waals surface area contributed by atoms with E-state index in [-0.39, 0.29) is 12.5 Å². The molecule has 1 amide bonds. The van der Waals surface area contributed by atoms with Crippen molar-refractivity contribution < 1.29 is 19.1 Å². The van der Waals surface area contributed by atoms with Crippen molar-refractivity contribution in [1.82, 2.24) is 5.32 Å². The minimum Gasteiger partial charge on any atom is -0.482 e. The van der Waals surface area contributed by atoms with Gasteiger partial charge in [-0.05, 0) is 32.1 Å². The lowest BCUT2D eigenvalue weighted by Crippen LogP contribution is -2.15. The number of methoxy groups -OCH3 is 1. The molecule has 0 aliphatic carbocycles. The summed E-state index contributed by atoms with van der Waals surface area (Å²) >= 11 is 0. The summed E-state index contributed by atoms with van der Waals surface area (Å²) in [5.41, 5.74) is 0.641. The van der Waals surface area contributed by atoms with Crippen LogP contribution in [0.1, 0.15) is 12.8 Å². The largest absolute Gasteiger partial charge is 0.482 e. The highest BCUT2D eigenvalue weighted by atomic mass is 16.6. The van der Waals surface area contributed by atoms with Gasteiger partial charge in [-0.3, -0.25) is 4.79 Å². The van der Waals surface area contributed by atoms with Gasteiger partial charge in [-0.15, -0.1) is 0 Å². The summed E-state index contributed by atoms with van der Waals surface area (Å²) in [7, 11) is 3.15. The maximum Gasteiger partial charge on any atom is 0.343 e. The topological polar surface area (TPSA) is 76.7 Å². The van der Waals surface area contributed by atoms with E-state index in [9.17, 15) is 9.59 Å². The highest BCUT2D eigenvalue weighted by molar-refractivity contribution is 5.90. The number of hydrogen-bond acceptors (Lipinski definition) is 5. The van der Waals surface area contributed by atoms with Gasteiger partial charge < -0.3 is 20.1 Å². The summed E-state index contributed by atoms with van der Waals surface area (Å²) in [5, 5.41) is 5.77. The second-order valence-electron chi connectivity index (χ2n) is 4.15. The van der Waals surface area contributed by atoms with Gasteiger partial charge in [0, 0.05) is 18.2 Å². The normalized spacial score (nSPS) is 9.90. The first-order chi connectivity index (χ1) is 9.65. The Hall–Kier alpha value is -2.08. The van der Waals surface area contributed by atoms with Crippen molar-refractivity contribution in [2.75, 3.05) is 32.6 Å². The van der Waals surface area contributed by atoms with Crippen molar-refractivity contribution >= 4 is 17.6 Å². The molecule has 0 aliphatic rings. The van der Waals surface area contributed by atoms with Crippen LogP contribution in [0.4, 0.5) is 5.69 Å². The Morgan fingerprint density at radius 2 is 2.10 bits per heavy atom. The van der Waals surface area contributed by atoms with E-state index in [4.69, 9.17) is 4.74 Å². The number of carbonyl (C=O) groups is 2. The van der Waals surface area contributed by atoms with Gasteiger partial charge in [-0.1, -0.05) is 6.07 Å². The van der Waals surface area contributed by atoms with Crippen molar-refractivity contribution in [2.45, 2.75) is 12.8 Å². The van der Waals surface area contributed by atoms with Gasteiger partial charge in [0.1, 0.15) is 5.75 Å². The summed E-state index contributed by atoms with van der Waals surface area (Å²) in [6, 6.07) is 6.88. The van der Waals surface area contributed by atoms with Crippen LogP contribution in [0.3, 0.4) is 0 Å². The number of anilines is 1. The number of carbonyl (C=O) groups excluding carboxylic acids is 2. The van der Waals surface area contributed by atoms with Crippen molar-refractivity contribution in [3.8, 4) is 5.75 Å². The van der Waals surface area contributed by atoms with Gasteiger partial charge in [0.15, 0.2) is 6.61 Å². The molecule has 2 N–H and O–H groups in total. The molecule has 1 aromatic rings. The molecule has 0 saturated heterocycles. The molecule has 0 spiro atoms. The Morgan fingerprint density at radius 3 is 2.80 bits per heavy atom. The number of ether oxygens (including phenoxy) is 2. The van der Waals surface area contributed by atoms with Crippen molar-refractivity contribution in [1.29, 1.82) is 0 Å². The molecule has 0 fully saturated rings. The van der Waals surface area contributed by atoms with E-state index < -0.39 is 5.97 Å². The Bertz CT molecular complexity index is 449. The van der Waals surface area contributed by atoms with E-state index in [1.54, 1.807) is 24.3 Å². The summed E-state index contributed by atoms with van der Waals surface area (Å²) < 4.78 is 9.73. The third kappa shape index (κ3) is 6.19. The van der Waals surface area contributed by atoms with E-state index in [1.807, 2.05) is 7.05 Å². The molecule has 1 aromatic carbocycles. The molecule has 0 radical (unpaired) electrons.